The van der Waals surface area contributed by atoms with E-state index >= 15 is 0 Å². The van der Waals surface area contributed by atoms with Crippen molar-refractivity contribution >= 4 is 50.9 Å². The first-order valence-corrected chi connectivity index (χ1v) is 15.0. The van der Waals surface area contributed by atoms with E-state index < -0.39 is 22.9 Å². The SMILES string of the molecule is C=C(C)S/C(=C(/Oc1ccc(NS(=O)CC(F)(F)F)cc1Cl)C(C)CC)c1ccnc(NC2CCCNC2)n1. The van der Waals surface area contributed by atoms with Crippen LogP contribution in [0.4, 0.5) is 24.8 Å². The second kappa shape index (κ2) is 14.4. The minimum absolute atomic E-state index is 0.0334. The highest BCUT2D eigenvalue weighted by molar-refractivity contribution is 8.11. The lowest BCUT2D eigenvalue weighted by molar-refractivity contribution is -0.105. The molecule has 0 spiro atoms. The minimum atomic E-state index is -4.55. The number of piperidine rings is 1. The molecule has 1 aromatic heterocycles. The predicted molar refractivity (Wildman–Crippen MR) is 155 cm³/mol. The molecular formula is C26H33ClF3N5O2S2. The highest BCUT2D eigenvalue weighted by Gasteiger charge is 2.30. The van der Waals surface area contributed by atoms with E-state index in [9.17, 15) is 17.4 Å². The zero-order valence-electron chi connectivity index (χ0n) is 22.0. The van der Waals surface area contributed by atoms with Gasteiger partial charge in [0.2, 0.25) is 5.95 Å². The molecule has 0 bridgehead atoms. The molecule has 2 aromatic rings. The smallest absolute Gasteiger partial charge is 0.402 e. The molecule has 1 aromatic carbocycles. The summed E-state index contributed by atoms with van der Waals surface area (Å²) in [6.45, 7) is 11.8. The number of aromatic nitrogens is 2. The average Bonchev–Trinajstić information content (AvgIpc) is 2.86. The molecule has 3 rings (SSSR count). The number of rotatable bonds is 12. The number of halogens is 4. The van der Waals surface area contributed by atoms with Crippen LogP contribution < -0.4 is 20.1 Å². The van der Waals surface area contributed by atoms with Crippen LogP contribution in [0.25, 0.3) is 4.91 Å². The fourth-order valence-electron chi connectivity index (χ4n) is 3.75. The van der Waals surface area contributed by atoms with Crippen LogP contribution in [0.1, 0.15) is 45.7 Å². The van der Waals surface area contributed by atoms with Gasteiger partial charge in [-0.2, -0.15) is 13.2 Å². The Morgan fingerprint density at radius 2 is 2.15 bits per heavy atom. The zero-order valence-corrected chi connectivity index (χ0v) is 24.4. The average molecular weight is 604 g/mol. The Labute approximate surface area is 239 Å². The quantitative estimate of drug-likeness (QED) is 0.225. The van der Waals surface area contributed by atoms with Gasteiger partial charge in [0, 0.05) is 30.4 Å². The van der Waals surface area contributed by atoms with E-state index in [2.05, 4.69) is 26.9 Å². The van der Waals surface area contributed by atoms with Crippen LogP contribution in [0.5, 0.6) is 5.75 Å². The number of allylic oxidation sites excluding steroid dienone is 2. The monoisotopic (exact) mass is 603 g/mol. The third-order valence-electron chi connectivity index (χ3n) is 5.76. The van der Waals surface area contributed by atoms with Gasteiger partial charge in [-0.15, -0.1) is 0 Å². The number of hydrogen-bond donors (Lipinski definition) is 3. The van der Waals surface area contributed by atoms with Crippen molar-refractivity contribution in [1.82, 2.24) is 15.3 Å². The first kappa shape index (κ1) is 31.3. The number of ether oxygens (including phenoxy) is 1. The summed E-state index contributed by atoms with van der Waals surface area (Å²) in [6, 6.07) is 6.43. The number of anilines is 2. The third-order valence-corrected chi connectivity index (χ3v) is 8.07. The van der Waals surface area contributed by atoms with Gasteiger partial charge in [0.05, 0.1) is 15.6 Å². The fraction of sp³-hybridized carbons (Fsp3) is 0.462. The zero-order chi connectivity index (χ0) is 28.6. The Kier molecular flexibility index (Phi) is 11.5. The van der Waals surface area contributed by atoms with Gasteiger partial charge in [-0.3, -0.25) is 0 Å². The standard InChI is InChI=1S/C26H33ClF3N5O2S2/c1-5-17(4)23(37-22-9-8-18(13-20(22)27)35-39(36)15-26(28,29)30)24(38-16(2)3)21-10-12-32-25(34-21)33-19-7-6-11-31-14-19/h8-10,12-13,17,19,31,35H,2,5-7,11,14-15H2,1,3-4H3,(H,32,33,34)/b24-23+. The molecule has 1 saturated heterocycles. The number of nitrogens with zero attached hydrogens (tertiary/aromatic N) is 2. The van der Waals surface area contributed by atoms with Crippen LogP contribution >= 0.6 is 23.4 Å². The van der Waals surface area contributed by atoms with Crippen molar-refractivity contribution in [1.29, 1.82) is 0 Å². The van der Waals surface area contributed by atoms with Crippen molar-refractivity contribution in [3.8, 4) is 5.75 Å². The summed E-state index contributed by atoms with van der Waals surface area (Å²) in [4.78, 5) is 10.8. The van der Waals surface area contributed by atoms with Crippen LogP contribution in [0, 0.1) is 5.92 Å². The van der Waals surface area contributed by atoms with Crippen LogP contribution in [0.15, 0.2) is 47.7 Å². The summed E-state index contributed by atoms with van der Waals surface area (Å²) in [6.07, 6.45) is 0.00305. The molecule has 3 N–H and O–H groups in total. The van der Waals surface area contributed by atoms with Crippen LogP contribution in [-0.4, -0.2) is 45.2 Å². The molecule has 0 amide bonds. The molecule has 0 aliphatic carbocycles. The molecule has 3 atom stereocenters. The highest BCUT2D eigenvalue weighted by Crippen LogP contribution is 2.40. The minimum Gasteiger partial charge on any atom is -0.459 e. The summed E-state index contributed by atoms with van der Waals surface area (Å²) >= 11 is 7.88. The van der Waals surface area contributed by atoms with E-state index in [1.165, 1.54) is 30.0 Å². The maximum atomic E-state index is 12.5. The molecule has 7 nitrogen and oxygen atoms in total. The highest BCUT2D eigenvalue weighted by atomic mass is 35.5. The molecule has 214 valence electrons. The van der Waals surface area contributed by atoms with Crippen molar-refractivity contribution in [3.05, 3.63) is 58.4 Å². The Balaban J connectivity index is 1.93. The molecule has 3 unspecified atom stereocenters. The molecule has 2 heterocycles. The van der Waals surface area contributed by atoms with Crippen molar-refractivity contribution in [2.75, 3.05) is 28.9 Å². The number of alkyl halides is 3. The van der Waals surface area contributed by atoms with Crippen molar-refractivity contribution in [3.63, 3.8) is 0 Å². The Hall–Kier alpha value is -2.28. The predicted octanol–water partition coefficient (Wildman–Crippen LogP) is 6.99. The fourth-order valence-corrected chi connectivity index (χ4v) is 5.64. The molecule has 0 saturated carbocycles. The Morgan fingerprint density at radius 3 is 2.77 bits per heavy atom. The van der Waals surface area contributed by atoms with Crippen LogP contribution in [0.2, 0.25) is 5.02 Å². The second-order valence-corrected chi connectivity index (χ2v) is 12.1. The summed E-state index contributed by atoms with van der Waals surface area (Å²) in [5.41, 5.74) is 0.848. The Morgan fingerprint density at radius 1 is 1.38 bits per heavy atom. The van der Waals surface area contributed by atoms with E-state index in [0.717, 1.165) is 42.2 Å². The normalized spacial score (nSPS) is 18.1. The maximum absolute atomic E-state index is 12.5. The van der Waals surface area contributed by atoms with Gasteiger partial charge in [0.1, 0.15) is 28.2 Å². The summed E-state index contributed by atoms with van der Waals surface area (Å²) in [5.74, 6) is -0.0608. The lowest BCUT2D eigenvalue weighted by Gasteiger charge is -2.24. The van der Waals surface area contributed by atoms with E-state index in [-0.39, 0.29) is 22.7 Å². The van der Waals surface area contributed by atoms with Gasteiger partial charge >= 0.3 is 6.18 Å². The number of hydrogen-bond acceptors (Lipinski definition) is 7. The molecular weight excluding hydrogens is 571 g/mol. The van der Waals surface area contributed by atoms with E-state index in [0.29, 0.717) is 23.2 Å². The lowest BCUT2D eigenvalue weighted by Crippen LogP contribution is -2.38. The van der Waals surface area contributed by atoms with Crippen LogP contribution in [-0.2, 0) is 11.0 Å². The van der Waals surface area contributed by atoms with Gasteiger partial charge < -0.3 is 20.1 Å². The number of benzene rings is 1. The number of thioether (sulfide) groups is 1. The topological polar surface area (TPSA) is 88.2 Å². The largest absolute Gasteiger partial charge is 0.459 e. The second-order valence-electron chi connectivity index (χ2n) is 9.21. The van der Waals surface area contributed by atoms with Crippen molar-refractivity contribution < 1.29 is 22.1 Å². The van der Waals surface area contributed by atoms with E-state index in [1.807, 2.05) is 26.8 Å². The summed E-state index contributed by atoms with van der Waals surface area (Å²) in [7, 11) is -2.34. The molecule has 13 heteroatoms. The summed E-state index contributed by atoms with van der Waals surface area (Å²) in [5, 5.41) is 6.92. The van der Waals surface area contributed by atoms with E-state index in [1.54, 1.807) is 6.20 Å². The first-order chi connectivity index (χ1) is 18.4. The van der Waals surface area contributed by atoms with Crippen molar-refractivity contribution in [2.24, 2.45) is 5.92 Å². The summed E-state index contributed by atoms with van der Waals surface area (Å²) < 4.78 is 58.1. The molecule has 1 aliphatic rings. The van der Waals surface area contributed by atoms with E-state index in [4.69, 9.17) is 21.3 Å². The van der Waals surface area contributed by atoms with Gasteiger partial charge in [-0.1, -0.05) is 43.8 Å². The number of nitrogens with one attached hydrogen (secondary N) is 3. The van der Waals surface area contributed by atoms with Gasteiger partial charge in [0.25, 0.3) is 0 Å². The maximum Gasteiger partial charge on any atom is 0.402 e. The van der Waals surface area contributed by atoms with Gasteiger partial charge in [0.15, 0.2) is 0 Å². The lowest BCUT2D eigenvalue weighted by atomic mass is 10.1. The van der Waals surface area contributed by atoms with Crippen molar-refractivity contribution in [2.45, 2.75) is 52.3 Å². The van der Waals surface area contributed by atoms with Crippen LogP contribution in [0.3, 0.4) is 0 Å². The van der Waals surface area contributed by atoms with Gasteiger partial charge in [-0.25, -0.2) is 14.2 Å². The first-order valence-electron chi connectivity index (χ1n) is 12.5. The van der Waals surface area contributed by atoms with Gasteiger partial charge in [-0.05, 0) is 61.9 Å². The molecule has 0 radical (unpaired) electrons. The molecule has 1 fully saturated rings. The molecule has 39 heavy (non-hydrogen) atoms. The molecule has 1 aliphatic heterocycles. The Bertz CT molecular complexity index is 1210. The third kappa shape index (κ3) is 10.0.